The lowest BCUT2D eigenvalue weighted by atomic mass is 10.2. The van der Waals surface area contributed by atoms with Crippen molar-refractivity contribution >= 4 is 22.7 Å². The molecule has 1 fully saturated rings. The van der Waals surface area contributed by atoms with Crippen molar-refractivity contribution in [1.82, 2.24) is 14.9 Å². The minimum atomic E-state index is 0.0905. The van der Waals surface area contributed by atoms with Crippen molar-refractivity contribution in [1.29, 1.82) is 0 Å². The molecule has 2 aromatic rings. The summed E-state index contributed by atoms with van der Waals surface area (Å²) >= 11 is 0. The van der Waals surface area contributed by atoms with E-state index in [0.29, 0.717) is 11.7 Å². The summed E-state index contributed by atoms with van der Waals surface area (Å²) in [6, 6.07) is 3.46. The lowest BCUT2D eigenvalue weighted by molar-refractivity contribution is 0.312. The molecular formula is C16H23N5O2. The monoisotopic (exact) mass is 317 g/mol. The number of nitrogens with zero attached hydrogens (tertiary/aromatic N) is 5. The van der Waals surface area contributed by atoms with Gasteiger partial charge in [-0.3, -0.25) is 0 Å². The zero-order chi connectivity index (χ0) is 16.6. The fourth-order valence-electron chi connectivity index (χ4n) is 2.74. The van der Waals surface area contributed by atoms with Gasteiger partial charge in [-0.15, -0.1) is 0 Å². The van der Waals surface area contributed by atoms with E-state index >= 15 is 0 Å². The third kappa shape index (κ3) is 2.96. The summed E-state index contributed by atoms with van der Waals surface area (Å²) in [5, 5.41) is 11.0. The number of hydrogen-bond acceptors (Lipinski definition) is 7. The molecule has 7 nitrogen and oxygen atoms in total. The first-order valence-corrected chi connectivity index (χ1v) is 7.69. The van der Waals surface area contributed by atoms with Crippen molar-refractivity contribution in [2.75, 3.05) is 64.2 Å². The molecule has 1 aromatic carbocycles. The van der Waals surface area contributed by atoms with Crippen molar-refractivity contribution in [2.45, 2.75) is 0 Å². The number of fused-ring (bicyclic) bond motifs is 1. The van der Waals surface area contributed by atoms with Gasteiger partial charge in [-0.05, 0) is 13.1 Å². The minimum absolute atomic E-state index is 0.0905. The first-order valence-electron chi connectivity index (χ1n) is 7.69. The Bertz CT molecular complexity index is 711. The molecule has 124 valence electrons. The van der Waals surface area contributed by atoms with E-state index in [0.717, 1.165) is 42.9 Å². The van der Waals surface area contributed by atoms with Gasteiger partial charge < -0.3 is 24.5 Å². The van der Waals surface area contributed by atoms with E-state index in [9.17, 15) is 5.11 Å². The SMILES string of the molecule is COc1cc2c(N3CCN(C)CC3)nc(N(C)C)nc2cc1O. The molecule has 23 heavy (non-hydrogen) atoms. The number of aromatic hydroxyl groups is 1. The predicted molar refractivity (Wildman–Crippen MR) is 91.8 cm³/mol. The van der Waals surface area contributed by atoms with Crippen LogP contribution >= 0.6 is 0 Å². The van der Waals surface area contributed by atoms with Crippen molar-refractivity contribution in [3.05, 3.63) is 12.1 Å². The van der Waals surface area contributed by atoms with E-state index in [2.05, 4.69) is 21.8 Å². The molecule has 1 saturated heterocycles. The average molecular weight is 317 g/mol. The fraction of sp³-hybridized carbons (Fsp3) is 0.500. The first-order chi connectivity index (χ1) is 11.0. The van der Waals surface area contributed by atoms with E-state index in [4.69, 9.17) is 9.72 Å². The maximum absolute atomic E-state index is 10.1. The molecule has 0 saturated carbocycles. The molecular weight excluding hydrogens is 294 g/mol. The number of aromatic nitrogens is 2. The van der Waals surface area contributed by atoms with Gasteiger partial charge in [0, 0.05) is 51.7 Å². The van der Waals surface area contributed by atoms with Crippen molar-refractivity contribution in [2.24, 2.45) is 0 Å². The van der Waals surface area contributed by atoms with Crippen LogP contribution in [0, 0.1) is 0 Å². The Morgan fingerprint density at radius 2 is 1.83 bits per heavy atom. The van der Waals surface area contributed by atoms with Crippen LogP contribution in [0.1, 0.15) is 0 Å². The smallest absolute Gasteiger partial charge is 0.227 e. The highest BCUT2D eigenvalue weighted by molar-refractivity contribution is 5.93. The number of piperazine rings is 1. The summed E-state index contributed by atoms with van der Waals surface area (Å²) in [5.41, 5.74) is 0.718. The predicted octanol–water partition coefficient (Wildman–Crippen LogP) is 1.16. The van der Waals surface area contributed by atoms with Crippen molar-refractivity contribution < 1.29 is 9.84 Å². The molecule has 1 aliphatic heterocycles. The largest absolute Gasteiger partial charge is 0.504 e. The van der Waals surface area contributed by atoms with Crippen LogP contribution in [0.2, 0.25) is 0 Å². The molecule has 0 unspecified atom stereocenters. The fourth-order valence-corrected chi connectivity index (χ4v) is 2.74. The standard InChI is InChI=1S/C16H23N5O2/c1-19(2)16-17-12-10-13(22)14(23-4)9-11(12)15(18-16)21-7-5-20(3)6-8-21/h9-10,22H,5-8H2,1-4H3. The lowest BCUT2D eigenvalue weighted by Crippen LogP contribution is -2.45. The molecule has 0 bridgehead atoms. The summed E-state index contributed by atoms with van der Waals surface area (Å²) in [7, 11) is 7.50. The Hall–Kier alpha value is -2.28. The number of methoxy groups -OCH3 is 1. The van der Waals surface area contributed by atoms with Gasteiger partial charge in [0.25, 0.3) is 0 Å². The molecule has 0 amide bonds. The van der Waals surface area contributed by atoms with Gasteiger partial charge in [0.15, 0.2) is 11.5 Å². The van der Waals surface area contributed by atoms with Crippen molar-refractivity contribution in [3.8, 4) is 11.5 Å². The summed E-state index contributed by atoms with van der Waals surface area (Å²) in [5.74, 6) is 2.06. The Morgan fingerprint density at radius 3 is 2.43 bits per heavy atom. The summed E-state index contributed by atoms with van der Waals surface area (Å²) < 4.78 is 5.25. The third-order valence-electron chi connectivity index (χ3n) is 4.17. The van der Waals surface area contributed by atoms with Crippen LogP contribution in [0.15, 0.2) is 12.1 Å². The van der Waals surface area contributed by atoms with Gasteiger partial charge in [-0.1, -0.05) is 0 Å². The van der Waals surface area contributed by atoms with Crippen LogP contribution in [-0.4, -0.2) is 74.4 Å². The first kappa shape index (κ1) is 15.6. The Morgan fingerprint density at radius 1 is 1.13 bits per heavy atom. The highest BCUT2D eigenvalue weighted by Gasteiger charge is 2.21. The second kappa shape index (κ2) is 6.08. The Labute approximate surface area is 136 Å². The molecule has 3 rings (SSSR count). The van der Waals surface area contributed by atoms with Crippen LogP contribution in [0.4, 0.5) is 11.8 Å². The van der Waals surface area contributed by atoms with E-state index < -0.39 is 0 Å². The van der Waals surface area contributed by atoms with E-state index in [1.165, 1.54) is 0 Å². The van der Waals surface area contributed by atoms with Gasteiger partial charge in [-0.25, -0.2) is 4.98 Å². The second-order valence-electron chi connectivity index (χ2n) is 6.07. The number of benzene rings is 1. The maximum Gasteiger partial charge on any atom is 0.227 e. The molecule has 1 N–H and O–H groups in total. The van der Waals surface area contributed by atoms with Crippen LogP contribution in [0.5, 0.6) is 11.5 Å². The molecule has 0 spiro atoms. The van der Waals surface area contributed by atoms with Crippen LogP contribution in [0.3, 0.4) is 0 Å². The van der Waals surface area contributed by atoms with Gasteiger partial charge >= 0.3 is 0 Å². The number of hydrogen-bond donors (Lipinski definition) is 1. The van der Waals surface area contributed by atoms with Crippen molar-refractivity contribution in [3.63, 3.8) is 0 Å². The molecule has 0 aliphatic carbocycles. The quantitative estimate of drug-likeness (QED) is 0.911. The normalized spacial score (nSPS) is 15.9. The van der Waals surface area contributed by atoms with Crippen LogP contribution in [-0.2, 0) is 0 Å². The number of rotatable bonds is 3. The summed E-state index contributed by atoms with van der Waals surface area (Å²) in [6.45, 7) is 3.83. The second-order valence-corrected chi connectivity index (χ2v) is 6.07. The number of phenols is 1. The number of anilines is 2. The maximum atomic E-state index is 10.1. The van der Waals surface area contributed by atoms with E-state index in [1.807, 2.05) is 25.1 Å². The van der Waals surface area contributed by atoms with Gasteiger partial charge in [0.1, 0.15) is 5.82 Å². The molecule has 0 radical (unpaired) electrons. The molecule has 7 heteroatoms. The topological polar surface area (TPSA) is 65.0 Å². The minimum Gasteiger partial charge on any atom is -0.504 e. The molecule has 1 aromatic heterocycles. The van der Waals surface area contributed by atoms with Gasteiger partial charge in [0.2, 0.25) is 5.95 Å². The summed E-state index contributed by atoms with van der Waals surface area (Å²) in [4.78, 5) is 15.7. The Kier molecular flexibility index (Phi) is 4.12. The molecule has 1 aliphatic rings. The molecule has 0 atom stereocenters. The highest BCUT2D eigenvalue weighted by atomic mass is 16.5. The molecule has 2 heterocycles. The van der Waals surface area contributed by atoms with Gasteiger partial charge in [0.05, 0.1) is 12.6 Å². The average Bonchev–Trinajstić information content (AvgIpc) is 2.53. The zero-order valence-electron chi connectivity index (χ0n) is 14.1. The lowest BCUT2D eigenvalue weighted by Gasteiger charge is -2.34. The van der Waals surface area contributed by atoms with Crippen LogP contribution in [0.25, 0.3) is 10.9 Å². The van der Waals surface area contributed by atoms with Crippen LogP contribution < -0.4 is 14.5 Å². The number of phenolic OH excluding ortho intramolecular Hbond substituents is 1. The summed E-state index contributed by atoms with van der Waals surface area (Å²) in [6.07, 6.45) is 0. The Balaban J connectivity index is 2.16. The highest BCUT2D eigenvalue weighted by Crippen LogP contribution is 2.35. The number of likely N-dealkylation sites (N-methyl/N-ethyl adjacent to an activating group) is 1. The third-order valence-corrected chi connectivity index (χ3v) is 4.17. The number of ether oxygens (including phenoxy) is 1. The van der Waals surface area contributed by atoms with E-state index in [-0.39, 0.29) is 5.75 Å². The van der Waals surface area contributed by atoms with E-state index in [1.54, 1.807) is 13.2 Å². The van der Waals surface area contributed by atoms with Gasteiger partial charge in [-0.2, -0.15) is 4.98 Å². The zero-order valence-corrected chi connectivity index (χ0v) is 14.1.